The predicted octanol–water partition coefficient (Wildman–Crippen LogP) is 3.82. The Labute approximate surface area is 279 Å². The highest BCUT2D eigenvalue weighted by Gasteiger charge is 2.61. The number of hydrogen-bond acceptors (Lipinski definition) is 13. The van der Waals surface area contributed by atoms with Gasteiger partial charge >= 0.3 is 0 Å². The zero-order valence-electron chi connectivity index (χ0n) is 30.1. The summed E-state index contributed by atoms with van der Waals surface area (Å²) in [6.45, 7) is 24.7. The van der Waals surface area contributed by atoms with E-state index < -0.39 is 54.0 Å². The minimum atomic E-state index is -0.765. The molecule has 9 unspecified atom stereocenters. The zero-order chi connectivity index (χ0) is 34.3. The lowest BCUT2D eigenvalue weighted by Crippen LogP contribution is -2.51. The third-order valence-electron chi connectivity index (χ3n) is 10.6. The minimum Gasteiger partial charge on any atom is -0.387 e. The van der Waals surface area contributed by atoms with Crippen LogP contribution in [0, 0.1) is 17.8 Å². The molecule has 0 amide bonds. The van der Waals surface area contributed by atoms with Crippen molar-refractivity contribution >= 4 is 0 Å². The molecular formula is C34H58O13. The van der Waals surface area contributed by atoms with E-state index in [1.54, 1.807) is 13.8 Å². The quantitative estimate of drug-likeness (QED) is 0.454. The van der Waals surface area contributed by atoms with Gasteiger partial charge in [0.15, 0.2) is 42.0 Å². The molecule has 0 bridgehead atoms. The molecule has 15 atom stereocenters. The fourth-order valence-electron chi connectivity index (χ4n) is 7.80. The fourth-order valence-corrected chi connectivity index (χ4v) is 7.80. The van der Waals surface area contributed by atoms with E-state index in [2.05, 4.69) is 27.7 Å². The highest BCUT2D eigenvalue weighted by molar-refractivity contribution is 5.00. The third kappa shape index (κ3) is 7.44. The lowest BCUT2D eigenvalue weighted by atomic mass is 9.78. The van der Waals surface area contributed by atoms with E-state index >= 15 is 0 Å². The van der Waals surface area contributed by atoms with Gasteiger partial charge < -0.3 is 61.9 Å². The van der Waals surface area contributed by atoms with Crippen LogP contribution in [0.1, 0.15) is 89.5 Å². The average Bonchev–Trinajstić information content (AvgIpc) is 3.78. The third-order valence-corrected chi connectivity index (χ3v) is 10.6. The van der Waals surface area contributed by atoms with Gasteiger partial charge in [0.25, 0.3) is 0 Å². The van der Waals surface area contributed by atoms with E-state index in [1.807, 2.05) is 41.5 Å². The maximum absolute atomic E-state index is 10.3. The summed E-state index contributed by atoms with van der Waals surface area (Å²) < 4.78 is 71.4. The Bertz CT molecular complexity index is 1100. The second-order valence-electron chi connectivity index (χ2n) is 16.0. The second kappa shape index (κ2) is 12.9. The molecule has 272 valence electrons. The molecule has 0 saturated carbocycles. The maximum Gasteiger partial charge on any atom is 0.190 e. The Morgan fingerprint density at radius 1 is 0.574 bits per heavy atom. The molecule has 0 aliphatic carbocycles. The van der Waals surface area contributed by atoms with E-state index in [9.17, 15) is 5.11 Å². The lowest BCUT2D eigenvalue weighted by molar-refractivity contribution is -0.292. The highest BCUT2D eigenvalue weighted by Crippen LogP contribution is 2.45. The second-order valence-corrected chi connectivity index (χ2v) is 16.0. The van der Waals surface area contributed by atoms with Gasteiger partial charge in [0.05, 0.1) is 19.3 Å². The molecule has 0 radical (unpaired) electrons. The molecule has 7 rings (SSSR count). The summed E-state index contributed by atoms with van der Waals surface area (Å²) in [5.41, 5.74) is 0. The van der Waals surface area contributed by atoms with Crippen LogP contribution in [0.5, 0.6) is 0 Å². The predicted molar refractivity (Wildman–Crippen MR) is 165 cm³/mol. The van der Waals surface area contributed by atoms with Crippen LogP contribution in [0.4, 0.5) is 0 Å². The van der Waals surface area contributed by atoms with Crippen LogP contribution in [0.25, 0.3) is 0 Å². The summed E-state index contributed by atoms with van der Waals surface area (Å²) in [6, 6.07) is 0. The van der Waals surface area contributed by atoms with Gasteiger partial charge in [-0.25, -0.2) is 0 Å². The van der Waals surface area contributed by atoms with Crippen LogP contribution >= 0.6 is 0 Å². The molecule has 0 aromatic heterocycles. The van der Waals surface area contributed by atoms with Crippen LogP contribution < -0.4 is 0 Å². The van der Waals surface area contributed by atoms with Gasteiger partial charge in [0.2, 0.25) is 0 Å². The molecule has 13 nitrogen and oxygen atoms in total. The molecule has 7 saturated heterocycles. The first-order chi connectivity index (χ1) is 21.8. The molecule has 1 N–H and O–H groups in total. The number of rotatable bonds is 5. The van der Waals surface area contributed by atoms with Crippen molar-refractivity contribution in [1.29, 1.82) is 0 Å². The molecule has 0 spiro atoms. The smallest absolute Gasteiger partial charge is 0.190 e. The van der Waals surface area contributed by atoms with Crippen molar-refractivity contribution < 1.29 is 61.9 Å². The van der Waals surface area contributed by atoms with Gasteiger partial charge in [-0.3, -0.25) is 0 Å². The highest BCUT2D eigenvalue weighted by atomic mass is 16.9. The largest absolute Gasteiger partial charge is 0.387 e. The van der Waals surface area contributed by atoms with Crippen LogP contribution in [-0.2, 0) is 56.8 Å². The van der Waals surface area contributed by atoms with Crippen molar-refractivity contribution in [3.8, 4) is 0 Å². The molecule has 0 aromatic rings. The minimum absolute atomic E-state index is 0.185. The molecule has 0 aromatic carbocycles. The summed E-state index contributed by atoms with van der Waals surface area (Å²) in [4.78, 5) is 0. The van der Waals surface area contributed by atoms with Crippen molar-refractivity contribution in [1.82, 2.24) is 0 Å². The summed E-state index contributed by atoms with van der Waals surface area (Å²) in [7, 11) is 0. The van der Waals surface area contributed by atoms with Crippen molar-refractivity contribution in [2.75, 3.05) is 13.2 Å². The molecule has 7 heterocycles. The van der Waals surface area contributed by atoms with Crippen molar-refractivity contribution in [3.05, 3.63) is 0 Å². The van der Waals surface area contributed by atoms with Gasteiger partial charge in [-0.2, -0.15) is 0 Å². The van der Waals surface area contributed by atoms with Gasteiger partial charge in [-0.05, 0) is 73.6 Å². The first-order valence-electron chi connectivity index (χ1n) is 17.4. The monoisotopic (exact) mass is 674 g/mol. The average molecular weight is 675 g/mol. The SMILES string of the molecule is CC1(C)OCC([C@H]2O[C@@H]3OC(C)(C)O[C@H]3C2O)O1.CCC1OC(OC2[C@@H](C3COC(C)(C)O3)O[C@@H]3OC(C)(C)O[C@@H]23)C(C)C(C)C1C. The van der Waals surface area contributed by atoms with E-state index in [4.69, 9.17) is 56.8 Å². The van der Waals surface area contributed by atoms with E-state index in [-0.39, 0.29) is 48.8 Å². The Morgan fingerprint density at radius 2 is 1.09 bits per heavy atom. The van der Waals surface area contributed by atoms with Crippen LogP contribution in [0.2, 0.25) is 0 Å². The van der Waals surface area contributed by atoms with Crippen molar-refractivity contribution in [2.24, 2.45) is 17.8 Å². The van der Waals surface area contributed by atoms with Gasteiger partial charge in [0.1, 0.15) is 48.8 Å². The van der Waals surface area contributed by atoms with Crippen LogP contribution in [0.3, 0.4) is 0 Å². The number of fused-ring (bicyclic) bond motifs is 2. The zero-order valence-corrected chi connectivity index (χ0v) is 30.1. The first kappa shape index (κ1) is 36.3. The Hall–Kier alpha value is -0.520. The molecule has 7 fully saturated rings. The summed E-state index contributed by atoms with van der Waals surface area (Å²) >= 11 is 0. The van der Waals surface area contributed by atoms with E-state index in [1.165, 1.54) is 0 Å². The number of aliphatic hydroxyl groups excluding tert-OH is 1. The molecule has 7 aliphatic heterocycles. The van der Waals surface area contributed by atoms with Crippen molar-refractivity contribution in [2.45, 2.75) is 186 Å². The maximum atomic E-state index is 10.3. The van der Waals surface area contributed by atoms with E-state index in [0.717, 1.165) is 6.42 Å². The topological polar surface area (TPSA) is 131 Å². The Balaban J connectivity index is 0.000000183. The molecule has 7 aliphatic rings. The Morgan fingerprint density at radius 3 is 1.60 bits per heavy atom. The molecule has 47 heavy (non-hydrogen) atoms. The standard InChI is InChI=1S/C22H38O7.C12H20O6/c1-9-14-12(3)11(2)13(4)19(24-14)26-17-16(15-10-23-21(5,6)27-15)25-20-18(17)28-22(7,8)29-20;1-11(2)14-5-6(16-11)8-7(13)9-10(15-8)18-12(3,4)17-9/h11-20H,9-10H2,1-8H3;6-10,13H,5H2,1-4H3/t11?,12?,13?,14?,15?,16-,17?,18+,19?,20-;6?,7?,8-,9+,10-/m11/s1. The first-order valence-corrected chi connectivity index (χ1v) is 17.4. The van der Waals surface area contributed by atoms with Crippen LogP contribution in [-0.4, -0.2) is 115 Å². The number of aliphatic hydroxyl groups is 1. The van der Waals surface area contributed by atoms with Gasteiger partial charge in [-0.15, -0.1) is 0 Å². The normalized spacial score (nSPS) is 50.6. The molecular weight excluding hydrogens is 616 g/mol. The van der Waals surface area contributed by atoms with Crippen LogP contribution in [0.15, 0.2) is 0 Å². The number of ether oxygens (including phenoxy) is 12. The summed E-state index contributed by atoms with van der Waals surface area (Å²) in [5.74, 6) is -1.43. The lowest BCUT2D eigenvalue weighted by Gasteiger charge is -2.44. The molecule has 13 heteroatoms. The summed E-state index contributed by atoms with van der Waals surface area (Å²) in [6.07, 6.45) is -3.44. The number of hydrogen-bond donors (Lipinski definition) is 1. The summed E-state index contributed by atoms with van der Waals surface area (Å²) in [5, 5.41) is 10.3. The van der Waals surface area contributed by atoms with Gasteiger partial charge in [-0.1, -0.05) is 27.7 Å². The fraction of sp³-hybridized carbons (Fsp3) is 1.00. The van der Waals surface area contributed by atoms with Gasteiger partial charge in [0, 0.05) is 5.92 Å². The Kier molecular flexibility index (Phi) is 9.97. The van der Waals surface area contributed by atoms with E-state index in [0.29, 0.717) is 25.0 Å². The van der Waals surface area contributed by atoms with Crippen molar-refractivity contribution in [3.63, 3.8) is 0 Å².